The zero-order valence-corrected chi connectivity index (χ0v) is 7.47. The van der Waals surface area contributed by atoms with Gasteiger partial charge in [-0.1, -0.05) is 5.16 Å². The number of nitrogens with zero attached hydrogens (tertiary/aromatic N) is 1. The van der Waals surface area contributed by atoms with Crippen molar-refractivity contribution in [3.8, 4) is 0 Å². The van der Waals surface area contributed by atoms with E-state index in [1.165, 1.54) is 0 Å². The summed E-state index contributed by atoms with van der Waals surface area (Å²) in [5.74, 6) is 0.161. The Morgan fingerprint density at radius 3 is 2.25 bits per heavy atom. The van der Waals surface area contributed by atoms with Crippen LogP contribution in [0.3, 0.4) is 0 Å². The van der Waals surface area contributed by atoms with E-state index in [4.69, 9.17) is 10.9 Å². The van der Waals surface area contributed by atoms with Crippen molar-refractivity contribution in [2.45, 2.75) is 20.8 Å². The van der Waals surface area contributed by atoms with Crippen molar-refractivity contribution in [2.24, 2.45) is 10.9 Å². The van der Waals surface area contributed by atoms with Gasteiger partial charge in [0.25, 0.3) is 0 Å². The highest BCUT2D eigenvalue weighted by Crippen LogP contribution is 2.15. The molecule has 0 aromatic carbocycles. The van der Waals surface area contributed by atoms with Crippen LogP contribution in [0.25, 0.3) is 0 Å². The number of H-pyrrole nitrogens is 1. The molecular weight excluding hydrogens is 154 g/mol. The van der Waals surface area contributed by atoms with E-state index in [0.717, 1.165) is 22.5 Å². The molecular formula is C8H13N3O. The molecule has 12 heavy (non-hydrogen) atoms. The van der Waals surface area contributed by atoms with Crippen LogP contribution in [0.15, 0.2) is 5.16 Å². The maximum atomic E-state index is 8.50. The highest BCUT2D eigenvalue weighted by molar-refractivity contribution is 5.99. The second kappa shape index (κ2) is 2.89. The van der Waals surface area contributed by atoms with Crippen LogP contribution < -0.4 is 5.73 Å². The van der Waals surface area contributed by atoms with Gasteiger partial charge in [-0.05, 0) is 26.3 Å². The first-order valence-electron chi connectivity index (χ1n) is 3.71. The van der Waals surface area contributed by atoms with Gasteiger partial charge in [-0.25, -0.2) is 0 Å². The Labute approximate surface area is 71.1 Å². The summed E-state index contributed by atoms with van der Waals surface area (Å²) in [7, 11) is 0. The average Bonchev–Trinajstić information content (AvgIpc) is 2.26. The molecule has 1 aromatic rings. The van der Waals surface area contributed by atoms with E-state index in [0.29, 0.717) is 0 Å². The largest absolute Gasteiger partial charge is 0.409 e. The molecule has 0 aliphatic heterocycles. The Bertz CT molecular complexity index is 325. The lowest BCUT2D eigenvalue weighted by Crippen LogP contribution is -2.14. The Hall–Kier alpha value is -1.45. The number of nitrogens with two attached hydrogens (primary N) is 1. The SMILES string of the molecule is Cc1[nH]c(C)c(/C(N)=N\O)c1C. The van der Waals surface area contributed by atoms with Gasteiger partial charge in [-0.15, -0.1) is 0 Å². The molecule has 1 rings (SSSR count). The van der Waals surface area contributed by atoms with E-state index in [9.17, 15) is 0 Å². The van der Waals surface area contributed by atoms with Gasteiger partial charge in [-0.3, -0.25) is 0 Å². The normalized spacial score (nSPS) is 12.1. The summed E-state index contributed by atoms with van der Waals surface area (Å²) >= 11 is 0. The van der Waals surface area contributed by atoms with Crippen LogP contribution in [-0.4, -0.2) is 16.0 Å². The quantitative estimate of drug-likeness (QED) is 0.253. The third kappa shape index (κ3) is 1.15. The molecule has 0 fully saturated rings. The highest BCUT2D eigenvalue weighted by Gasteiger charge is 2.11. The number of hydrogen-bond donors (Lipinski definition) is 3. The lowest BCUT2D eigenvalue weighted by molar-refractivity contribution is 0.318. The Kier molecular flexibility index (Phi) is 2.08. The minimum absolute atomic E-state index is 0.161. The third-order valence-corrected chi connectivity index (χ3v) is 2.05. The number of aryl methyl sites for hydroxylation is 2. The number of hydrogen-bond acceptors (Lipinski definition) is 2. The number of rotatable bonds is 1. The van der Waals surface area contributed by atoms with Crippen LogP contribution in [0.5, 0.6) is 0 Å². The van der Waals surface area contributed by atoms with E-state index >= 15 is 0 Å². The van der Waals surface area contributed by atoms with Crippen LogP contribution >= 0.6 is 0 Å². The van der Waals surface area contributed by atoms with Crippen molar-refractivity contribution in [1.82, 2.24) is 4.98 Å². The first kappa shape index (κ1) is 8.64. The van der Waals surface area contributed by atoms with Crippen molar-refractivity contribution >= 4 is 5.84 Å². The fourth-order valence-corrected chi connectivity index (χ4v) is 1.34. The first-order chi connectivity index (χ1) is 5.57. The summed E-state index contributed by atoms with van der Waals surface area (Å²) in [6, 6.07) is 0. The zero-order chi connectivity index (χ0) is 9.30. The number of nitrogens with one attached hydrogen (secondary N) is 1. The molecule has 1 aromatic heterocycles. The minimum Gasteiger partial charge on any atom is -0.409 e. The van der Waals surface area contributed by atoms with E-state index in [-0.39, 0.29) is 5.84 Å². The fourth-order valence-electron chi connectivity index (χ4n) is 1.34. The van der Waals surface area contributed by atoms with Gasteiger partial charge in [0.05, 0.1) is 0 Å². The van der Waals surface area contributed by atoms with Gasteiger partial charge in [0, 0.05) is 17.0 Å². The summed E-state index contributed by atoms with van der Waals surface area (Å²) < 4.78 is 0. The molecule has 4 N–H and O–H groups in total. The summed E-state index contributed by atoms with van der Waals surface area (Å²) in [4.78, 5) is 3.12. The second-order valence-corrected chi connectivity index (χ2v) is 2.86. The molecule has 0 unspecified atom stereocenters. The van der Waals surface area contributed by atoms with Crippen LogP contribution in [-0.2, 0) is 0 Å². The number of oxime groups is 1. The summed E-state index contributed by atoms with van der Waals surface area (Å²) in [5, 5.41) is 11.5. The first-order valence-corrected chi connectivity index (χ1v) is 3.71. The molecule has 0 radical (unpaired) electrons. The number of aromatic nitrogens is 1. The molecule has 1 heterocycles. The molecule has 0 aliphatic rings. The lowest BCUT2D eigenvalue weighted by atomic mass is 10.1. The summed E-state index contributed by atoms with van der Waals surface area (Å²) in [5.41, 5.74) is 9.30. The molecule has 0 bridgehead atoms. The van der Waals surface area contributed by atoms with Crippen molar-refractivity contribution in [3.63, 3.8) is 0 Å². The van der Waals surface area contributed by atoms with E-state index in [2.05, 4.69) is 10.1 Å². The van der Waals surface area contributed by atoms with Crippen LogP contribution in [0, 0.1) is 20.8 Å². The number of amidine groups is 1. The maximum Gasteiger partial charge on any atom is 0.172 e. The van der Waals surface area contributed by atoms with E-state index in [1.807, 2.05) is 20.8 Å². The monoisotopic (exact) mass is 167 g/mol. The van der Waals surface area contributed by atoms with Gasteiger partial charge < -0.3 is 15.9 Å². The molecule has 0 amide bonds. The van der Waals surface area contributed by atoms with Crippen LogP contribution in [0.2, 0.25) is 0 Å². The van der Waals surface area contributed by atoms with Crippen LogP contribution in [0.1, 0.15) is 22.5 Å². The van der Waals surface area contributed by atoms with Crippen molar-refractivity contribution in [3.05, 3.63) is 22.5 Å². The van der Waals surface area contributed by atoms with Crippen molar-refractivity contribution < 1.29 is 5.21 Å². The van der Waals surface area contributed by atoms with Gasteiger partial charge in [0.1, 0.15) is 0 Å². The summed E-state index contributed by atoms with van der Waals surface area (Å²) in [6.07, 6.45) is 0. The molecule has 0 aliphatic carbocycles. The molecule has 4 heteroatoms. The van der Waals surface area contributed by atoms with Crippen LogP contribution in [0.4, 0.5) is 0 Å². The topological polar surface area (TPSA) is 74.4 Å². The highest BCUT2D eigenvalue weighted by atomic mass is 16.4. The lowest BCUT2D eigenvalue weighted by Gasteiger charge is -1.98. The third-order valence-electron chi connectivity index (χ3n) is 2.05. The molecule has 0 saturated heterocycles. The Morgan fingerprint density at radius 1 is 1.33 bits per heavy atom. The van der Waals surface area contributed by atoms with E-state index < -0.39 is 0 Å². The Morgan fingerprint density at radius 2 is 1.92 bits per heavy atom. The van der Waals surface area contributed by atoms with Gasteiger partial charge in [0.2, 0.25) is 0 Å². The molecule has 0 atom stereocenters. The molecule has 66 valence electrons. The van der Waals surface area contributed by atoms with Crippen molar-refractivity contribution in [1.29, 1.82) is 0 Å². The predicted octanol–water partition coefficient (Wildman–Crippen LogP) is 1.03. The number of aromatic amines is 1. The maximum absolute atomic E-state index is 8.50. The minimum atomic E-state index is 0.161. The predicted molar refractivity (Wildman–Crippen MR) is 47.5 cm³/mol. The molecule has 0 spiro atoms. The summed E-state index contributed by atoms with van der Waals surface area (Å²) in [6.45, 7) is 5.79. The standard InChI is InChI=1S/C8H13N3O/c1-4-5(2)10-6(3)7(4)8(9)11-12/h10,12H,1-3H3,(H2,9,11). The second-order valence-electron chi connectivity index (χ2n) is 2.86. The zero-order valence-electron chi connectivity index (χ0n) is 7.47. The van der Waals surface area contributed by atoms with Gasteiger partial charge >= 0.3 is 0 Å². The van der Waals surface area contributed by atoms with Gasteiger partial charge in [0.15, 0.2) is 5.84 Å². The van der Waals surface area contributed by atoms with E-state index in [1.54, 1.807) is 0 Å². The van der Waals surface area contributed by atoms with Crippen molar-refractivity contribution in [2.75, 3.05) is 0 Å². The molecule has 4 nitrogen and oxygen atoms in total. The van der Waals surface area contributed by atoms with Gasteiger partial charge in [-0.2, -0.15) is 0 Å². The Balaban J connectivity index is 3.32. The smallest absolute Gasteiger partial charge is 0.172 e. The average molecular weight is 167 g/mol. The fraction of sp³-hybridized carbons (Fsp3) is 0.375. The molecule has 0 saturated carbocycles.